The third-order valence-corrected chi connectivity index (χ3v) is 1.11. The van der Waals surface area contributed by atoms with Gasteiger partial charge in [0, 0.05) is 0 Å². The quantitative estimate of drug-likeness (QED) is 0.635. The SMILES string of the molecule is F[C](F)C(F)(F)C(F)(F)[C](F)Cl. The second-order valence-corrected chi connectivity index (χ2v) is 2.00. The molecule has 72 valence electrons. The van der Waals surface area contributed by atoms with E-state index in [9.17, 15) is 30.7 Å². The third-order valence-electron chi connectivity index (χ3n) is 0.869. The van der Waals surface area contributed by atoms with Crippen LogP contribution in [0.4, 0.5) is 30.7 Å². The van der Waals surface area contributed by atoms with Crippen molar-refractivity contribution in [3.63, 3.8) is 0 Å². The van der Waals surface area contributed by atoms with E-state index in [-0.39, 0.29) is 0 Å². The third kappa shape index (κ3) is 1.75. The Labute approximate surface area is 67.3 Å². The average molecular weight is 216 g/mol. The molecule has 0 aliphatic heterocycles. The molecule has 0 aliphatic carbocycles. The van der Waals surface area contributed by atoms with Gasteiger partial charge in [-0.05, 0) is 0 Å². The van der Waals surface area contributed by atoms with E-state index in [1.807, 2.05) is 0 Å². The highest BCUT2D eigenvalue weighted by atomic mass is 35.5. The van der Waals surface area contributed by atoms with Gasteiger partial charge in [-0.1, -0.05) is 11.6 Å². The molecular formula is C4ClF7. The molecule has 0 nitrogen and oxygen atoms in total. The molecule has 0 fully saturated rings. The Kier molecular flexibility index (Phi) is 3.22. The fraction of sp³-hybridized carbons (Fsp3) is 0.500. The van der Waals surface area contributed by atoms with Crippen LogP contribution in [0.15, 0.2) is 0 Å². The summed E-state index contributed by atoms with van der Waals surface area (Å²) < 4.78 is 80.6. The van der Waals surface area contributed by atoms with Gasteiger partial charge in [0.2, 0.25) is 0 Å². The molecule has 2 radical (unpaired) electrons. The molecule has 0 atom stereocenters. The van der Waals surface area contributed by atoms with Crippen LogP contribution in [0.25, 0.3) is 0 Å². The molecule has 0 aromatic heterocycles. The Morgan fingerprint density at radius 2 is 1.17 bits per heavy atom. The van der Waals surface area contributed by atoms with Crippen molar-refractivity contribution in [1.29, 1.82) is 0 Å². The van der Waals surface area contributed by atoms with Gasteiger partial charge in [-0.25, -0.2) is 4.39 Å². The maximum atomic E-state index is 11.8. The number of rotatable bonds is 3. The average Bonchev–Trinajstić information content (AvgIpc) is 1.86. The van der Waals surface area contributed by atoms with E-state index in [1.54, 1.807) is 0 Å². The normalized spacial score (nSPS) is 14.5. The summed E-state index contributed by atoms with van der Waals surface area (Å²) >= 11 is 3.87. The van der Waals surface area contributed by atoms with Crippen molar-refractivity contribution in [3.8, 4) is 0 Å². The molecule has 0 aromatic carbocycles. The summed E-state index contributed by atoms with van der Waals surface area (Å²) in [5.74, 6) is -11.6. The van der Waals surface area contributed by atoms with E-state index in [4.69, 9.17) is 0 Å². The summed E-state index contributed by atoms with van der Waals surface area (Å²) in [6.07, 6.45) is -3.90. The van der Waals surface area contributed by atoms with Gasteiger partial charge in [-0.2, -0.15) is 26.3 Å². The molecular weight excluding hydrogens is 216 g/mol. The van der Waals surface area contributed by atoms with Crippen molar-refractivity contribution in [2.75, 3.05) is 0 Å². The van der Waals surface area contributed by atoms with Crippen molar-refractivity contribution in [2.45, 2.75) is 11.8 Å². The molecule has 0 aliphatic rings. The van der Waals surface area contributed by atoms with Crippen molar-refractivity contribution in [3.05, 3.63) is 12.1 Å². The monoisotopic (exact) mass is 216 g/mol. The zero-order chi connectivity index (χ0) is 10.2. The molecule has 8 heteroatoms. The summed E-state index contributed by atoms with van der Waals surface area (Å²) in [7, 11) is 0. The maximum Gasteiger partial charge on any atom is 0.384 e. The van der Waals surface area contributed by atoms with Gasteiger partial charge in [0.25, 0.3) is 0 Å². The lowest BCUT2D eigenvalue weighted by Gasteiger charge is -2.23. The highest BCUT2D eigenvalue weighted by molar-refractivity contribution is 6.26. The topological polar surface area (TPSA) is 0 Å². The molecule has 0 N–H and O–H groups in total. The predicted octanol–water partition coefficient (Wildman–Crippen LogP) is 3.38. The van der Waals surface area contributed by atoms with Crippen LogP contribution in [0, 0.1) is 12.1 Å². The fourth-order valence-electron chi connectivity index (χ4n) is 0.237. The van der Waals surface area contributed by atoms with Crippen LogP contribution in [0.1, 0.15) is 0 Å². The molecule has 0 rings (SSSR count). The van der Waals surface area contributed by atoms with Crippen molar-refractivity contribution >= 4 is 11.6 Å². The van der Waals surface area contributed by atoms with Crippen molar-refractivity contribution in [1.82, 2.24) is 0 Å². The Morgan fingerprint density at radius 3 is 1.25 bits per heavy atom. The van der Waals surface area contributed by atoms with E-state index in [0.717, 1.165) is 0 Å². The lowest BCUT2D eigenvalue weighted by Crippen LogP contribution is -2.44. The second kappa shape index (κ2) is 3.27. The summed E-state index contributed by atoms with van der Waals surface area (Å²) in [6, 6.07) is 0. The van der Waals surface area contributed by atoms with Gasteiger partial charge in [0.1, 0.15) is 0 Å². The molecule has 0 heterocycles. The van der Waals surface area contributed by atoms with Crippen LogP contribution in [0.5, 0.6) is 0 Å². The van der Waals surface area contributed by atoms with E-state index in [1.165, 1.54) is 0 Å². The van der Waals surface area contributed by atoms with E-state index in [2.05, 4.69) is 11.6 Å². The van der Waals surface area contributed by atoms with E-state index >= 15 is 0 Å². The van der Waals surface area contributed by atoms with E-state index in [0.29, 0.717) is 0 Å². The standard InChI is InChI=1S/C4ClF7/c5-1(6)3(9,10)4(11,12)2(7)8. The smallest absolute Gasteiger partial charge is 0.214 e. The molecule has 0 aromatic rings. The highest BCUT2D eigenvalue weighted by Gasteiger charge is 2.69. The molecule has 0 saturated heterocycles. The summed E-state index contributed by atoms with van der Waals surface area (Å²) in [5.41, 5.74) is -3.08. The van der Waals surface area contributed by atoms with Crippen molar-refractivity contribution < 1.29 is 30.7 Å². The maximum absolute atomic E-state index is 11.8. The highest BCUT2D eigenvalue weighted by Crippen LogP contribution is 2.49. The number of hydrogen-bond donors (Lipinski definition) is 0. The molecule has 0 spiro atoms. The Bertz CT molecular complexity index is 135. The zero-order valence-corrected chi connectivity index (χ0v) is 5.78. The lowest BCUT2D eigenvalue weighted by molar-refractivity contribution is -0.222. The first-order valence-electron chi connectivity index (χ1n) is 2.26. The van der Waals surface area contributed by atoms with Gasteiger partial charge in [-0.15, -0.1) is 0 Å². The largest absolute Gasteiger partial charge is 0.384 e. The van der Waals surface area contributed by atoms with Crippen LogP contribution < -0.4 is 0 Å². The van der Waals surface area contributed by atoms with Gasteiger partial charge in [0.15, 0.2) is 0 Å². The summed E-state index contributed by atoms with van der Waals surface area (Å²) in [6.45, 7) is 0. The predicted molar refractivity (Wildman–Crippen MR) is 25.6 cm³/mol. The Morgan fingerprint density at radius 1 is 0.833 bits per heavy atom. The van der Waals surface area contributed by atoms with Crippen LogP contribution >= 0.6 is 11.6 Å². The van der Waals surface area contributed by atoms with Gasteiger partial charge < -0.3 is 0 Å². The number of halogens is 8. The first-order chi connectivity index (χ1) is 5.14. The molecule has 0 unspecified atom stereocenters. The summed E-state index contributed by atoms with van der Waals surface area (Å²) in [4.78, 5) is 0. The Balaban J connectivity index is 4.75. The number of alkyl halides is 4. The van der Waals surface area contributed by atoms with Crippen LogP contribution in [0.2, 0.25) is 0 Å². The Hall–Kier alpha value is -0.200. The van der Waals surface area contributed by atoms with Crippen LogP contribution in [-0.4, -0.2) is 11.8 Å². The first kappa shape index (κ1) is 11.8. The van der Waals surface area contributed by atoms with Gasteiger partial charge >= 0.3 is 23.9 Å². The van der Waals surface area contributed by atoms with Crippen molar-refractivity contribution in [2.24, 2.45) is 0 Å². The second-order valence-electron chi connectivity index (χ2n) is 1.67. The summed E-state index contributed by atoms with van der Waals surface area (Å²) in [5, 5.41) is 0. The molecule has 0 amide bonds. The minimum absolute atomic E-state index is 3.08. The van der Waals surface area contributed by atoms with Crippen LogP contribution in [-0.2, 0) is 0 Å². The lowest BCUT2D eigenvalue weighted by atomic mass is 10.2. The molecule has 0 bridgehead atoms. The first-order valence-corrected chi connectivity index (χ1v) is 2.64. The molecule has 12 heavy (non-hydrogen) atoms. The van der Waals surface area contributed by atoms with E-state index < -0.39 is 23.9 Å². The fourth-order valence-corrected chi connectivity index (χ4v) is 0.356. The number of hydrogen-bond acceptors (Lipinski definition) is 0. The van der Waals surface area contributed by atoms with Crippen LogP contribution in [0.3, 0.4) is 0 Å². The zero-order valence-electron chi connectivity index (χ0n) is 5.02. The molecule has 0 saturated carbocycles. The minimum Gasteiger partial charge on any atom is -0.214 e. The minimum atomic E-state index is -5.88. The van der Waals surface area contributed by atoms with Gasteiger partial charge in [-0.3, -0.25) is 0 Å². The van der Waals surface area contributed by atoms with Gasteiger partial charge in [0.05, 0.1) is 0 Å².